The number of aromatic amines is 1. The summed E-state index contributed by atoms with van der Waals surface area (Å²) in [5, 5.41) is 8.39. The molecular formula is C16H16FN5O2. The van der Waals surface area contributed by atoms with E-state index in [0.717, 1.165) is 25.9 Å². The summed E-state index contributed by atoms with van der Waals surface area (Å²) < 4.78 is 17.2. The molecule has 1 fully saturated rings. The fourth-order valence-corrected chi connectivity index (χ4v) is 3.24. The van der Waals surface area contributed by atoms with E-state index in [1.807, 2.05) is 4.68 Å². The number of hydrogen-bond donors (Lipinski definition) is 2. The van der Waals surface area contributed by atoms with Gasteiger partial charge in [0.2, 0.25) is 0 Å². The third-order valence-electron chi connectivity index (χ3n) is 4.40. The van der Waals surface area contributed by atoms with Crippen LogP contribution in [0.5, 0.6) is 0 Å². The van der Waals surface area contributed by atoms with Gasteiger partial charge in [-0.3, -0.25) is 19.0 Å². The first-order valence-electron chi connectivity index (χ1n) is 7.83. The van der Waals surface area contributed by atoms with Crippen molar-refractivity contribution in [1.82, 2.24) is 24.6 Å². The van der Waals surface area contributed by atoms with Gasteiger partial charge in [-0.05, 0) is 38.1 Å². The standard InChI is InChI=1S/C16H16FN5O2/c17-10-7-13(21-6-3-15(23)20-16(21)24)12-9-19-22(14(12)8-10)11-1-4-18-5-2-11/h3,6-9,11,18H,1-2,4-5H2,(H,20,23,24). The summed E-state index contributed by atoms with van der Waals surface area (Å²) >= 11 is 0. The Morgan fingerprint density at radius 3 is 2.75 bits per heavy atom. The number of rotatable bonds is 2. The lowest BCUT2D eigenvalue weighted by molar-refractivity contribution is 0.351. The lowest BCUT2D eigenvalue weighted by atomic mass is 10.1. The molecule has 0 aliphatic carbocycles. The van der Waals surface area contributed by atoms with Crippen molar-refractivity contribution in [3.63, 3.8) is 0 Å². The van der Waals surface area contributed by atoms with Gasteiger partial charge in [-0.1, -0.05) is 0 Å². The molecule has 2 N–H and O–H groups in total. The van der Waals surface area contributed by atoms with Crippen molar-refractivity contribution in [3.05, 3.63) is 57.2 Å². The topological polar surface area (TPSA) is 84.7 Å². The Hall–Kier alpha value is -2.74. The molecule has 1 saturated heterocycles. The van der Waals surface area contributed by atoms with Gasteiger partial charge in [-0.2, -0.15) is 5.10 Å². The van der Waals surface area contributed by atoms with Crippen LogP contribution in [-0.2, 0) is 0 Å². The van der Waals surface area contributed by atoms with Crippen LogP contribution in [0.15, 0.2) is 40.2 Å². The summed E-state index contributed by atoms with van der Waals surface area (Å²) in [6.45, 7) is 1.79. The Balaban J connectivity index is 1.92. The van der Waals surface area contributed by atoms with E-state index in [-0.39, 0.29) is 6.04 Å². The smallest absolute Gasteiger partial charge is 0.317 e. The minimum atomic E-state index is -0.607. The minimum absolute atomic E-state index is 0.200. The van der Waals surface area contributed by atoms with E-state index in [0.29, 0.717) is 16.6 Å². The number of hydrogen-bond acceptors (Lipinski definition) is 4. The van der Waals surface area contributed by atoms with Crippen molar-refractivity contribution < 1.29 is 4.39 Å². The molecule has 24 heavy (non-hydrogen) atoms. The van der Waals surface area contributed by atoms with Crippen molar-refractivity contribution in [2.24, 2.45) is 0 Å². The highest BCUT2D eigenvalue weighted by Crippen LogP contribution is 2.28. The van der Waals surface area contributed by atoms with Gasteiger partial charge >= 0.3 is 5.69 Å². The molecule has 3 heterocycles. The molecule has 0 atom stereocenters. The normalized spacial score (nSPS) is 15.9. The zero-order valence-electron chi connectivity index (χ0n) is 12.8. The minimum Gasteiger partial charge on any atom is -0.317 e. The fraction of sp³-hybridized carbons (Fsp3) is 0.312. The number of halogens is 1. The van der Waals surface area contributed by atoms with Crippen molar-refractivity contribution in [2.75, 3.05) is 13.1 Å². The van der Waals surface area contributed by atoms with E-state index in [9.17, 15) is 14.0 Å². The van der Waals surface area contributed by atoms with Crippen LogP contribution in [0.1, 0.15) is 18.9 Å². The van der Waals surface area contributed by atoms with E-state index in [1.54, 1.807) is 6.20 Å². The Kier molecular flexibility index (Phi) is 3.53. The number of benzene rings is 1. The molecule has 1 aromatic carbocycles. The average molecular weight is 329 g/mol. The van der Waals surface area contributed by atoms with E-state index in [1.165, 1.54) is 29.0 Å². The second-order valence-corrected chi connectivity index (χ2v) is 5.91. The van der Waals surface area contributed by atoms with E-state index in [2.05, 4.69) is 15.4 Å². The predicted molar refractivity (Wildman–Crippen MR) is 87.0 cm³/mol. The molecule has 124 valence electrons. The van der Waals surface area contributed by atoms with Crippen LogP contribution in [0.4, 0.5) is 4.39 Å². The largest absolute Gasteiger partial charge is 0.332 e. The zero-order chi connectivity index (χ0) is 16.7. The summed E-state index contributed by atoms with van der Waals surface area (Å²) in [7, 11) is 0. The number of H-pyrrole nitrogens is 1. The molecule has 3 aromatic rings. The summed E-state index contributed by atoms with van der Waals surface area (Å²) in [6.07, 6.45) is 4.82. The Labute approximate surface area is 135 Å². The van der Waals surface area contributed by atoms with Crippen molar-refractivity contribution in [2.45, 2.75) is 18.9 Å². The molecule has 0 unspecified atom stereocenters. The molecule has 2 aromatic heterocycles. The van der Waals surface area contributed by atoms with Gasteiger partial charge in [0.05, 0.1) is 23.4 Å². The molecule has 4 rings (SSSR count). The van der Waals surface area contributed by atoms with Gasteiger partial charge in [-0.15, -0.1) is 0 Å². The first-order chi connectivity index (χ1) is 11.6. The Morgan fingerprint density at radius 2 is 2.00 bits per heavy atom. The van der Waals surface area contributed by atoms with Crippen LogP contribution in [0.2, 0.25) is 0 Å². The Morgan fingerprint density at radius 1 is 1.21 bits per heavy atom. The Bertz CT molecular complexity index is 1010. The molecule has 1 aliphatic rings. The summed E-state index contributed by atoms with van der Waals surface area (Å²) in [6, 6.07) is 4.14. The monoisotopic (exact) mass is 329 g/mol. The molecule has 0 saturated carbocycles. The third-order valence-corrected chi connectivity index (χ3v) is 4.40. The SMILES string of the molecule is O=c1ccn(-c2cc(F)cc3c2cnn3C2CCNCC2)c(=O)[nH]1. The second-order valence-electron chi connectivity index (χ2n) is 5.91. The highest BCUT2D eigenvalue weighted by Gasteiger charge is 2.20. The average Bonchev–Trinajstić information content (AvgIpc) is 2.99. The van der Waals surface area contributed by atoms with Crippen LogP contribution >= 0.6 is 0 Å². The zero-order valence-corrected chi connectivity index (χ0v) is 12.8. The van der Waals surface area contributed by atoms with Gasteiger partial charge in [0, 0.05) is 17.6 Å². The lowest BCUT2D eigenvalue weighted by Crippen LogP contribution is -2.29. The second kappa shape index (κ2) is 5.72. The number of nitrogens with one attached hydrogen (secondary N) is 2. The summed E-state index contributed by atoms with van der Waals surface area (Å²) in [5.41, 5.74) is -0.0836. The molecule has 8 heteroatoms. The maximum Gasteiger partial charge on any atom is 0.332 e. The van der Waals surface area contributed by atoms with Crippen LogP contribution in [0.3, 0.4) is 0 Å². The first-order valence-corrected chi connectivity index (χ1v) is 7.83. The van der Waals surface area contributed by atoms with Crippen molar-refractivity contribution in [3.8, 4) is 5.69 Å². The predicted octanol–water partition coefficient (Wildman–Crippen LogP) is 0.939. The van der Waals surface area contributed by atoms with Gasteiger partial charge in [-0.25, -0.2) is 9.18 Å². The molecular weight excluding hydrogens is 313 g/mol. The molecule has 0 radical (unpaired) electrons. The summed E-state index contributed by atoms with van der Waals surface area (Å²) in [5.74, 6) is -0.453. The highest BCUT2D eigenvalue weighted by molar-refractivity contribution is 5.87. The first kappa shape index (κ1) is 14.8. The molecule has 0 spiro atoms. The maximum absolute atomic E-state index is 14.2. The van der Waals surface area contributed by atoms with Crippen LogP contribution in [0.25, 0.3) is 16.6 Å². The number of aromatic nitrogens is 4. The van der Waals surface area contributed by atoms with E-state index >= 15 is 0 Å². The molecule has 0 amide bonds. The fourth-order valence-electron chi connectivity index (χ4n) is 3.24. The van der Waals surface area contributed by atoms with Gasteiger partial charge in [0.15, 0.2) is 0 Å². The number of nitrogens with zero attached hydrogens (tertiary/aromatic N) is 3. The molecule has 0 bridgehead atoms. The van der Waals surface area contributed by atoms with Crippen molar-refractivity contribution in [1.29, 1.82) is 0 Å². The lowest BCUT2D eigenvalue weighted by Gasteiger charge is -2.23. The van der Waals surface area contributed by atoms with Gasteiger partial charge < -0.3 is 5.32 Å². The van der Waals surface area contributed by atoms with Crippen LogP contribution in [0, 0.1) is 5.82 Å². The molecule has 7 nitrogen and oxygen atoms in total. The van der Waals surface area contributed by atoms with Gasteiger partial charge in [0.1, 0.15) is 5.82 Å². The number of piperidine rings is 1. The van der Waals surface area contributed by atoms with Crippen LogP contribution in [-0.4, -0.2) is 32.4 Å². The maximum atomic E-state index is 14.2. The highest BCUT2D eigenvalue weighted by atomic mass is 19.1. The van der Waals surface area contributed by atoms with E-state index < -0.39 is 17.1 Å². The molecule has 1 aliphatic heterocycles. The quantitative estimate of drug-likeness (QED) is 0.733. The summed E-state index contributed by atoms with van der Waals surface area (Å²) in [4.78, 5) is 25.5. The van der Waals surface area contributed by atoms with Gasteiger partial charge in [0.25, 0.3) is 5.56 Å². The van der Waals surface area contributed by atoms with Crippen LogP contribution < -0.4 is 16.6 Å². The van der Waals surface area contributed by atoms with Crippen molar-refractivity contribution >= 4 is 10.9 Å². The van der Waals surface area contributed by atoms with E-state index in [4.69, 9.17) is 0 Å². The number of fused-ring (bicyclic) bond motifs is 1. The third kappa shape index (κ3) is 2.44.